The highest BCUT2D eigenvalue weighted by molar-refractivity contribution is 14.1. The molecule has 0 bridgehead atoms. The highest BCUT2D eigenvalue weighted by Gasteiger charge is 2.41. The lowest BCUT2D eigenvalue weighted by molar-refractivity contribution is 0.180. The van der Waals surface area contributed by atoms with Crippen LogP contribution in [0.3, 0.4) is 0 Å². The Morgan fingerprint density at radius 2 is 1.38 bits per heavy atom. The van der Waals surface area contributed by atoms with Gasteiger partial charge in [0.05, 0.1) is 18.3 Å². The first-order valence-electron chi connectivity index (χ1n) is 9.46. The summed E-state index contributed by atoms with van der Waals surface area (Å²) in [5, 5.41) is -0.365. The molecule has 2 aromatic rings. The van der Waals surface area contributed by atoms with Crippen LogP contribution in [0.1, 0.15) is 18.1 Å². The van der Waals surface area contributed by atoms with E-state index in [4.69, 9.17) is 9.47 Å². The van der Waals surface area contributed by atoms with Crippen molar-refractivity contribution in [2.75, 3.05) is 27.3 Å². The summed E-state index contributed by atoms with van der Waals surface area (Å²) in [4.78, 5) is 2.17. The van der Waals surface area contributed by atoms with E-state index in [1.807, 2.05) is 48.5 Å². The predicted molar refractivity (Wildman–Crippen MR) is 123 cm³/mol. The molecule has 0 saturated carbocycles. The smallest absolute Gasteiger partial charge is 0.220 e. The maximum Gasteiger partial charge on any atom is 0.220 e. The zero-order valence-electron chi connectivity index (χ0n) is 16.9. The van der Waals surface area contributed by atoms with E-state index < -0.39 is 10.0 Å². The number of hydrogen-bond acceptors (Lipinski definition) is 5. The molecule has 1 saturated heterocycles. The molecule has 29 heavy (non-hydrogen) atoms. The van der Waals surface area contributed by atoms with E-state index in [-0.39, 0.29) is 5.25 Å². The molecule has 0 amide bonds. The van der Waals surface area contributed by atoms with Crippen LogP contribution in [0.15, 0.2) is 48.5 Å². The third-order valence-corrected chi connectivity index (χ3v) is 8.10. The molecule has 158 valence electrons. The summed E-state index contributed by atoms with van der Waals surface area (Å²) in [6, 6.07) is 15.1. The Labute approximate surface area is 187 Å². The van der Waals surface area contributed by atoms with Gasteiger partial charge >= 0.3 is 0 Å². The normalized spacial score (nSPS) is 16.4. The van der Waals surface area contributed by atoms with Gasteiger partial charge < -0.3 is 9.47 Å². The summed E-state index contributed by atoms with van der Waals surface area (Å²) >= 11 is 2.32. The molecule has 2 aromatic carbocycles. The summed E-state index contributed by atoms with van der Waals surface area (Å²) in [5.41, 5.74) is 1.86. The van der Waals surface area contributed by atoms with Crippen molar-refractivity contribution in [2.24, 2.45) is 0 Å². The Morgan fingerprint density at radius 3 is 1.72 bits per heavy atom. The van der Waals surface area contributed by atoms with Crippen molar-refractivity contribution in [3.8, 4) is 11.5 Å². The Balaban J connectivity index is 1.81. The third kappa shape index (κ3) is 5.42. The van der Waals surface area contributed by atoms with Gasteiger partial charge in [0.2, 0.25) is 10.0 Å². The van der Waals surface area contributed by atoms with E-state index in [1.165, 1.54) is 0 Å². The Morgan fingerprint density at radius 1 is 0.966 bits per heavy atom. The molecule has 6 nitrogen and oxygen atoms in total. The van der Waals surface area contributed by atoms with E-state index in [2.05, 4.69) is 34.4 Å². The number of likely N-dealkylation sites (tertiary alicyclic amines) is 1. The van der Waals surface area contributed by atoms with Gasteiger partial charge in [-0.25, -0.2) is 8.42 Å². The van der Waals surface area contributed by atoms with Crippen molar-refractivity contribution >= 4 is 32.6 Å². The summed E-state index contributed by atoms with van der Waals surface area (Å²) < 4.78 is 39.1. The van der Waals surface area contributed by atoms with Crippen molar-refractivity contribution in [1.82, 2.24) is 9.21 Å². The molecule has 0 radical (unpaired) electrons. The fourth-order valence-corrected chi connectivity index (χ4v) is 5.56. The summed E-state index contributed by atoms with van der Waals surface area (Å²) in [5.74, 6) is 1.51. The molecule has 8 heteroatoms. The van der Waals surface area contributed by atoms with Gasteiger partial charge in [-0.3, -0.25) is 4.90 Å². The van der Waals surface area contributed by atoms with Gasteiger partial charge in [0, 0.05) is 26.2 Å². The Hall–Kier alpha value is -1.36. The molecule has 1 unspecified atom stereocenters. The summed E-state index contributed by atoms with van der Waals surface area (Å²) in [6.45, 7) is 3.89. The number of halogens is 1. The number of alkyl halides is 1. The van der Waals surface area contributed by atoms with E-state index in [9.17, 15) is 8.42 Å². The third-order valence-electron chi connectivity index (χ3n) is 5.20. The van der Waals surface area contributed by atoms with Gasteiger partial charge in [-0.05, 0) is 42.3 Å². The average Bonchev–Trinajstić information content (AvgIpc) is 2.67. The monoisotopic (exact) mass is 530 g/mol. The highest BCUT2D eigenvalue weighted by atomic mass is 127. The summed E-state index contributed by atoms with van der Waals surface area (Å²) in [6.07, 6.45) is 0. The maximum absolute atomic E-state index is 13.4. The Kier molecular flexibility index (Phi) is 7.42. The van der Waals surface area contributed by atoms with Gasteiger partial charge in [-0.2, -0.15) is 4.31 Å². The molecule has 1 aliphatic heterocycles. The molecule has 1 aliphatic rings. The minimum Gasteiger partial charge on any atom is -0.497 e. The summed E-state index contributed by atoms with van der Waals surface area (Å²) in [7, 11) is -0.199. The van der Waals surface area contributed by atoms with Crippen LogP contribution in [-0.2, 0) is 23.1 Å². The van der Waals surface area contributed by atoms with Gasteiger partial charge in [0.1, 0.15) is 16.7 Å². The quantitative estimate of drug-likeness (QED) is 0.282. The number of ether oxygens (including phenoxy) is 2. The molecule has 1 fully saturated rings. The van der Waals surface area contributed by atoms with Crippen LogP contribution in [0.2, 0.25) is 0 Å². The standard InChI is InChI=1S/C21H27IN2O4S/c1-16(22)23-14-21(15-23)29(25,26)24(12-17-4-8-19(27-2)9-5-17)13-18-6-10-20(28-3)11-7-18/h4-11,16,21H,12-15H2,1-3H3. The van der Waals surface area contributed by atoms with Crippen molar-refractivity contribution in [1.29, 1.82) is 0 Å². The molecular weight excluding hydrogens is 503 g/mol. The molecule has 1 atom stereocenters. The van der Waals surface area contributed by atoms with Crippen LogP contribution < -0.4 is 9.47 Å². The van der Waals surface area contributed by atoms with E-state index in [1.54, 1.807) is 18.5 Å². The second-order valence-corrected chi connectivity index (χ2v) is 11.2. The van der Waals surface area contributed by atoms with Crippen molar-refractivity contribution in [3.05, 3.63) is 59.7 Å². The van der Waals surface area contributed by atoms with Crippen LogP contribution >= 0.6 is 22.6 Å². The topological polar surface area (TPSA) is 59.1 Å². The molecule has 0 spiro atoms. The molecule has 3 rings (SSSR count). The highest BCUT2D eigenvalue weighted by Crippen LogP contribution is 2.27. The van der Waals surface area contributed by atoms with Gasteiger partial charge in [0.25, 0.3) is 0 Å². The SMILES string of the molecule is COc1ccc(CN(Cc2ccc(OC)cc2)S(=O)(=O)C2CN(C(C)I)C2)cc1. The zero-order chi connectivity index (χ0) is 21.0. The number of methoxy groups -OCH3 is 2. The van der Waals surface area contributed by atoms with E-state index >= 15 is 0 Å². The average molecular weight is 530 g/mol. The number of sulfonamides is 1. The fourth-order valence-electron chi connectivity index (χ4n) is 3.26. The minimum atomic E-state index is -3.43. The lowest BCUT2D eigenvalue weighted by Crippen LogP contribution is -2.59. The first-order chi connectivity index (χ1) is 13.8. The van der Waals surface area contributed by atoms with Crippen LogP contribution in [0, 0.1) is 0 Å². The first kappa shape index (κ1) is 22.3. The largest absolute Gasteiger partial charge is 0.497 e. The van der Waals surface area contributed by atoms with Crippen LogP contribution in [0.5, 0.6) is 11.5 Å². The second kappa shape index (κ2) is 9.63. The zero-order valence-corrected chi connectivity index (χ0v) is 19.9. The number of hydrogen-bond donors (Lipinski definition) is 0. The van der Waals surface area contributed by atoms with Crippen LogP contribution in [-0.4, -0.2) is 54.2 Å². The predicted octanol–water partition coefficient (Wildman–Crippen LogP) is 3.50. The number of benzene rings is 2. The van der Waals surface area contributed by atoms with Crippen LogP contribution in [0.4, 0.5) is 0 Å². The molecule has 0 N–H and O–H groups in total. The van der Waals surface area contributed by atoms with Crippen molar-refractivity contribution in [2.45, 2.75) is 29.3 Å². The van der Waals surface area contributed by atoms with Crippen molar-refractivity contribution in [3.63, 3.8) is 0 Å². The minimum absolute atomic E-state index is 0.328. The Bertz CT molecular complexity index is 846. The lowest BCUT2D eigenvalue weighted by Gasteiger charge is -2.42. The molecule has 0 aromatic heterocycles. The van der Waals surface area contributed by atoms with E-state index in [0.29, 0.717) is 30.2 Å². The first-order valence-corrected chi connectivity index (χ1v) is 12.2. The van der Waals surface area contributed by atoms with Gasteiger partial charge in [-0.15, -0.1) is 0 Å². The number of nitrogens with zero attached hydrogens (tertiary/aromatic N) is 2. The lowest BCUT2D eigenvalue weighted by atomic mass is 10.2. The fraction of sp³-hybridized carbons (Fsp3) is 0.429. The molecular formula is C21H27IN2O4S. The second-order valence-electron chi connectivity index (χ2n) is 7.16. The maximum atomic E-state index is 13.4. The number of rotatable bonds is 9. The van der Waals surface area contributed by atoms with Crippen LogP contribution in [0.25, 0.3) is 0 Å². The van der Waals surface area contributed by atoms with Gasteiger partial charge in [0.15, 0.2) is 0 Å². The van der Waals surface area contributed by atoms with Gasteiger partial charge in [-0.1, -0.05) is 46.9 Å². The van der Waals surface area contributed by atoms with Crippen molar-refractivity contribution < 1.29 is 17.9 Å². The molecule has 1 heterocycles. The van der Waals surface area contributed by atoms with E-state index in [0.717, 1.165) is 22.6 Å². The molecule has 0 aliphatic carbocycles.